The van der Waals surface area contributed by atoms with Crippen molar-refractivity contribution in [3.63, 3.8) is 0 Å². The van der Waals surface area contributed by atoms with Crippen LogP contribution < -0.4 is 5.69 Å². The summed E-state index contributed by atoms with van der Waals surface area (Å²) in [7, 11) is 0. The fourth-order valence-electron chi connectivity index (χ4n) is 2.66. The van der Waals surface area contributed by atoms with Gasteiger partial charge in [-0.2, -0.15) is 0 Å². The minimum Gasteiger partial charge on any atom is -0.306 e. The maximum Gasteiger partial charge on any atom is 0.326 e. The summed E-state index contributed by atoms with van der Waals surface area (Å²) >= 11 is 0. The molecule has 0 atom stereocenters. The molecule has 1 aromatic carbocycles. The van der Waals surface area contributed by atoms with Gasteiger partial charge in [-0.05, 0) is 30.7 Å². The third kappa shape index (κ3) is 1.94. The summed E-state index contributed by atoms with van der Waals surface area (Å²) in [5.41, 5.74) is 4.58. The van der Waals surface area contributed by atoms with Crippen molar-refractivity contribution >= 4 is 16.7 Å². The van der Waals surface area contributed by atoms with Gasteiger partial charge in [0.25, 0.3) is 0 Å². The molecule has 3 heterocycles. The number of benzene rings is 1. The van der Waals surface area contributed by atoms with Crippen molar-refractivity contribution in [1.82, 2.24) is 18.9 Å². The Balaban J connectivity index is 1.82. The molecule has 104 valence electrons. The Morgan fingerprint density at radius 2 is 2.00 bits per heavy atom. The number of aryl methyl sites for hydroxylation is 1. The Kier molecular flexibility index (Phi) is 2.47. The fraction of sp³-hybridized carbons (Fsp3) is 0.125. The molecule has 5 nitrogen and oxygen atoms in total. The molecule has 3 aromatic heterocycles. The average Bonchev–Trinajstić information content (AvgIpc) is 3.00. The summed E-state index contributed by atoms with van der Waals surface area (Å²) in [5, 5.41) is 0. The number of nitrogens with one attached hydrogen (secondary N) is 1. The molecule has 0 spiro atoms. The lowest BCUT2D eigenvalue weighted by Crippen LogP contribution is -2.17. The third-order valence-corrected chi connectivity index (χ3v) is 3.65. The second-order valence-corrected chi connectivity index (χ2v) is 5.24. The predicted octanol–water partition coefficient (Wildman–Crippen LogP) is 2.33. The lowest BCUT2D eigenvalue weighted by atomic mass is 10.3. The largest absolute Gasteiger partial charge is 0.326 e. The quantitative estimate of drug-likeness (QED) is 0.612. The van der Waals surface area contributed by atoms with E-state index < -0.39 is 0 Å². The van der Waals surface area contributed by atoms with Crippen molar-refractivity contribution in [2.45, 2.75) is 13.5 Å². The lowest BCUT2D eigenvalue weighted by Gasteiger charge is -1.99. The second-order valence-electron chi connectivity index (χ2n) is 5.24. The number of hydrogen-bond acceptors (Lipinski definition) is 2. The van der Waals surface area contributed by atoms with E-state index in [-0.39, 0.29) is 5.69 Å². The first-order valence-corrected chi connectivity index (χ1v) is 6.82. The molecule has 4 rings (SSSR count). The molecule has 1 N–H and O–H groups in total. The van der Waals surface area contributed by atoms with Gasteiger partial charge in [0, 0.05) is 12.4 Å². The van der Waals surface area contributed by atoms with Crippen LogP contribution in [0.4, 0.5) is 0 Å². The Bertz CT molecular complexity index is 1010. The number of para-hydroxylation sites is 2. The average molecular weight is 278 g/mol. The molecule has 5 heteroatoms. The molecular weight excluding hydrogens is 264 g/mol. The topological polar surface area (TPSA) is 55.1 Å². The Morgan fingerprint density at radius 1 is 1.14 bits per heavy atom. The van der Waals surface area contributed by atoms with E-state index in [1.54, 1.807) is 4.57 Å². The van der Waals surface area contributed by atoms with E-state index in [0.29, 0.717) is 6.54 Å². The Morgan fingerprint density at radius 3 is 2.90 bits per heavy atom. The maximum atomic E-state index is 12.1. The lowest BCUT2D eigenvalue weighted by molar-refractivity contribution is 0.770. The molecule has 0 fully saturated rings. The number of rotatable bonds is 2. The molecule has 0 aliphatic rings. The Labute approximate surface area is 120 Å². The van der Waals surface area contributed by atoms with Crippen LogP contribution in [-0.4, -0.2) is 18.9 Å². The number of hydrogen-bond donors (Lipinski definition) is 1. The number of imidazole rings is 2. The summed E-state index contributed by atoms with van der Waals surface area (Å²) < 4.78 is 3.70. The highest BCUT2D eigenvalue weighted by Crippen LogP contribution is 2.12. The molecule has 0 aliphatic carbocycles. The zero-order valence-corrected chi connectivity index (χ0v) is 11.6. The number of aromatic amines is 1. The van der Waals surface area contributed by atoms with Gasteiger partial charge in [-0.25, -0.2) is 9.78 Å². The van der Waals surface area contributed by atoms with Crippen molar-refractivity contribution in [3.8, 4) is 0 Å². The molecule has 0 saturated carbocycles. The summed E-state index contributed by atoms with van der Waals surface area (Å²) in [5.74, 6) is 0. The van der Waals surface area contributed by atoms with Crippen LogP contribution in [0.25, 0.3) is 16.7 Å². The van der Waals surface area contributed by atoms with E-state index in [0.717, 1.165) is 22.4 Å². The van der Waals surface area contributed by atoms with Crippen molar-refractivity contribution < 1.29 is 0 Å². The molecule has 0 unspecified atom stereocenters. The minimum atomic E-state index is -0.107. The first-order valence-electron chi connectivity index (χ1n) is 6.82. The van der Waals surface area contributed by atoms with E-state index in [1.165, 1.54) is 5.56 Å². The Hall–Kier alpha value is -2.82. The van der Waals surface area contributed by atoms with Gasteiger partial charge >= 0.3 is 5.69 Å². The molecule has 21 heavy (non-hydrogen) atoms. The van der Waals surface area contributed by atoms with Gasteiger partial charge in [0.1, 0.15) is 5.65 Å². The first kappa shape index (κ1) is 12.0. The van der Waals surface area contributed by atoms with Gasteiger partial charge in [0.05, 0.1) is 23.3 Å². The fourth-order valence-corrected chi connectivity index (χ4v) is 2.66. The van der Waals surface area contributed by atoms with Crippen LogP contribution in [0.2, 0.25) is 0 Å². The molecule has 0 radical (unpaired) electrons. The molecule has 0 bridgehead atoms. The number of fused-ring (bicyclic) bond motifs is 2. The predicted molar refractivity (Wildman–Crippen MR) is 81.6 cm³/mol. The SMILES string of the molecule is Cc1ccc2nc(Cn3c(=O)[nH]c4ccccc43)cn2c1. The van der Waals surface area contributed by atoms with E-state index in [9.17, 15) is 4.79 Å². The van der Waals surface area contributed by atoms with Crippen LogP contribution in [0.15, 0.2) is 53.6 Å². The van der Waals surface area contributed by atoms with Crippen molar-refractivity contribution in [1.29, 1.82) is 0 Å². The van der Waals surface area contributed by atoms with Crippen LogP contribution in [0.5, 0.6) is 0 Å². The van der Waals surface area contributed by atoms with Crippen LogP contribution in [-0.2, 0) is 6.54 Å². The van der Waals surface area contributed by atoms with Gasteiger partial charge in [-0.1, -0.05) is 18.2 Å². The summed E-state index contributed by atoms with van der Waals surface area (Å²) in [6, 6.07) is 11.7. The normalized spacial score (nSPS) is 11.5. The molecule has 0 amide bonds. The minimum absolute atomic E-state index is 0.107. The molecule has 0 saturated heterocycles. The van der Waals surface area contributed by atoms with Gasteiger partial charge in [0.15, 0.2) is 0 Å². The zero-order valence-electron chi connectivity index (χ0n) is 11.6. The van der Waals surface area contributed by atoms with Crippen molar-refractivity contribution in [2.75, 3.05) is 0 Å². The number of pyridine rings is 1. The van der Waals surface area contributed by atoms with Crippen LogP contribution in [0.3, 0.4) is 0 Å². The number of H-pyrrole nitrogens is 1. The van der Waals surface area contributed by atoms with E-state index >= 15 is 0 Å². The van der Waals surface area contributed by atoms with Crippen LogP contribution >= 0.6 is 0 Å². The van der Waals surface area contributed by atoms with Gasteiger partial charge < -0.3 is 9.38 Å². The van der Waals surface area contributed by atoms with Crippen molar-refractivity contribution in [2.24, 2.45) is 0 Å². The van der Waals surface area contributed by atoms with Gasteiger partial charge in [0.2, 0.25) is 0 Å². The highest BCUT2D eigenvalue weighted by Gasteiger charge is 2.09. The van der Waals surface area contributed by atoms with E-state index in [1.807, 2.05) is 60.1 Å². The summed E-state index contributed by atoms with van der Waals surface area (Å²) in [4.78, 5) is 19.5. The summed E-state index contributed by atoms with van der Waals surface area (Å²) in [6.45, 7) is 2.51. The monoisotopic (exact) mass is 278 g/mol. The van der Waals surface area contributed by atoms with Gasteiger partial charge in [-0.3, -0.25) is 4.57 Å². The van der Waals surface area contributed by atoms with E-state index in [2.05, 4.69) is 9.97 Å². The van der Waals surface area contributed by atoms with Crippen molar-refractivity contribution in [3.05, 3.63) is 70.5 Å². The maximum absolute atomic E-state index is 12.1. The second kappa shape index (κ2) is 4.34. The molecule has 0 aliphatic heterocycles. The number of aromatic nitrogens is 4. The van der Waals surface area contributed by atoms with E-state index in [4.69, 9.17) is 0 Å². The standard InChI is InChI=1S/C16H14N4O/c1-11-6-7-15-17-12(9-19(15)8-11)10-20-14-5-3-2-4-13(14)18-16(20)21/h2-9H,10H2,1H3,(H,18,21). The van der Waals surface area contributed by atoms with Crippen LogP contribution in [0, 0.1) is 6.92 Å². The molecule has 4 aromatic rings. The summed E-state index contributed by atoms with van der Waals surface area (Å²) in [6.07, 6.45) is 4.00. The van der Waals surface area contributed by atoms with Crippen LogP contribution in [0.1, 0.15) is 11.3 Å². The zero-order chi connectivity index (χ0) is 14.4. The van der Waals surface area contributed by atoms with Gasteiger partial charge in [-0.15, -0.1) is 0 Å². The highest BCUT2D eigenvalue weighted by molar-refractivity contribution is 5.75. The third-order valence-electron chi connectivity index (χ3n) is 3.65. The molecular formula is C16H14N4O. The first-order chi connectivity index (χ1) is 10.2. The smallest absolute Gasteiger partial charge is 0.306 e. The number of nitrogens with zero attached hydrogens (tertiary/aromatic N) is 3. The highest BCUT2D eigenvalue weighted by atomic mass is 16.1.